The third-order valence-corrected chi connectivity index (χ3v) is 3.51. The van der Waals surface area contributed by atoms with Gasteiger partial charge in [-0.25, -0.2) is 4.39 Å². The van der Waals surface area contributed by atoms with E-state index in [9.17, 15) is 9.50 Å². The maximum absolute atomic E-state index is 14.0. The van der Waals surface area contributed by atoms with Crippen molar-refractivity contribution in [2.75, 3.05) is 18.6 Å². The van der Waals surface area contributed by atoms with Gasteiger partial charge in [0, 0.05) is 25.7 Å². The van der Waals surface area contributed by atoms with Gasteiger partial charge in [-0.15, -0.1) is 0 Å². The monoisotopic (exact) mass is 252 g/mol. The lowest BCUT2D eigenvalue weighted by atomic mass is 10.1. The fourth-order valence-electron chi connectivity index (χ4n) is 1.98. The van der Waals surface area contributed by atoms with Gasteiger partial charge < -0.3 is 15.3 Å². The highest BCUT2D eigenvalue weighted by molar-refractivity contribution is 5.55. The zero-order chi connectivity index (χ0) is 13.1. The normalized spacial score (nSPS) is 16.7. The predicted molar refractivity (Wildman–Crippen MR) is 71.2 cm³/mol. The van der Waals surface area contributed by atoms with Crippen molar-refractivity contribution in [3.05, 3.63) is 29.6 Å². The number of nitrogens with one attached hydrogen (secondary N) is 1. The summed E-state index contributed by atoms with van der Waals surface area (Å²) in [6, 6.07) is 5.65. The Morgan fingerprint density at radius 1 is 1.50 bits per heavy atom. The van der Waals surface area contributed by atoms with Crippen LogP contribution in [0.2, 0.25) is 0 Å². The molecule has 3 nitrogen and oxygen atoms in total. The predicted octanol–water partition coefficient (Wildman–Crippen LogP) is 1.89. The van der Waals surface area contributed by atoms with Crippen LogP contribution >= 0.6 is 0 Å². The summed E-state index contributed by atoms with van der Waals surface area (Å²) in [5.41, 5.74) is 1.54. The molecule has 0 spiro atoms. The quantitative estimate of drug-likeness (QED) is 0.811. The van der Waals surface area contributed by atoms with Crippen molar-refractivity contribution in [2.45, 2.75) is 38.4 Å². The van der Waals surface area contributed by atoms with E-state index < -0.39 is 0 Å². The van der Waals surface area contributed by atoms with Crippen LogP contribution in [0.15, 0.2) is 18.2 Å². The number of halogens is 1. The van der Waals surface area contributed by atoms with Crippen LogP contribution < -0.4 is 10.2 Å². The molecule has 0 aromatic heterocycles. The number of likely N-dealkylation sites (N-methyl/N-ethyl adjacent to an activating group) is 1. The zero-order valence-corrected chi connectivity index (χ0v) is 11.0. The maximum Gasteiger partial charge on any atom is 0.146 e. The Balaban J connectivity index is 2.18. The van der Waals surface area contributed by atoms with E-state index in [2.05, 4.69) is 5.32 Å². The van der Waals surface area contributed by atoms with Gasteiger partial charge in [-0.1, -0.05) is 12.1 Å². The topological polar surface area (TPSA) is 35.5 Å². The van der Waals surface area contributed by atoms with Crippen LogP contribution in [-0.4, -0.2) is 30.8 Å². The molecule has 100 valence electrons. The van der Waals surface area contributed by atoms with Crippen molar-refractivity contribution < 1.29 is 9.50 Å². The first-order valence-electron chi connectivity index (χ1n) is 6.48. The van der Waals surface area contributed by atoms with Crippen LogP contribution in [0.25, 0.3) is 0 Å². The molecule has 0 aliphatic heterocycles. The van der Waals surface area contributed by atoms with E-state index in [1.54, 1.807) is 11.0 Å². The lowest BCUT2D eigenvalue weighted by Crippen LogP contribution is -2.33. The molecule has 2 rings (SSSR count). The average molecular weight is 252 g/mol. The number of para-hydroxylation sites is 1. The summed E-state index contributed by atoms with van der Waals surface area (Å²) in [5, 5.41) is 12.6. The van der Waals surface area contributed by atoms with Gasteiger partial charge in [-0.05, 0) is 31.4 Å². The number of nitrogens with zero attached hydrogens (tertiary/aromatic N) is 1. The summed E-state index contributed by atoms with van der Waals surface area (Å²) in [4.78, 5) is 1.80. The summed E-state index contributed by atoms with van der Waals surface area (Å²) in [5.74, 6) is -0.229. The smallest absolute Gasteiger partial charge is 0.146 e. The number of hydrogen-bond acceptors (Lipinski definition) is 3. The molecule has 0 saturated heterocycles. The van der Waals surface area contributed by atoms with Crippen molar-refractivity contribution in [3.63, 3.8) is 0 Å². The van der Waals surface area contributed by atoms with Crippen LogP contribution in [0, 0.1) is 5.82 Å². The summed E-state index contributed by atoms with van der Waals surface area (Å²) >= 11 is 0. The highest BCUT2D eigenvalue weighted by Gasteiger charge is 2.22. The molecule has 0 radical (unpaired) electrons. The van der Waals surface area contributed by atoms with Crippen LogP contribution in [-0.2, 0) is 6.54 Å². The molecule has 0 bridgehead atoms. The van der Waals surface area contributed by atoms with E-state index >= 15 is 0 Å². The fourth-order valence-corrected chi connectivity index (χ4v) is 1.98. The molecule has 1 aromatic rings. The lowest BCUT2D eigenvalue weighted by Gasteiger charge is -2.28. The third-order valence-electron chi connectivity index (χ3n) is 3.51. The molecule has 1 fully saturated rings. The van der Waals surface area contributed by atoms with Gasteiger partial charge in [0.25, 0.3) is 0 Å². The minimum Gasteiger partial charge on any atom is -0.394 e. The van der Waals surface area contributed by atoms with E-state index in [0.717, 1.165) is 5.56 Å². The number of rotatable bonds is 6. The molecular formula is C14H21FN2O. The van der Waals surface area contributed by atoms with Crippen LogP contribution in [0.5, 0.6) is 0 Å². The SMILES string of the molecule is CC(CO)N(C)c1c(F)cccc1CNC1CC1. The van der Waals surface area contributed by atoms with Gasteiger partial charge >= 0.3 is 0 Å². The minimum atomic E-state index is -0.229. The van der Waals surface area contributed by atoms with Crippen molar-refractivity contribution in [2.24, 2.45) is 0 Å². The number of anilines is 1. The van der Waals surface area contributed by atoms with Gasteiger partial charge in [-0.2, -0.15) is 0 Å². The Bertz CT molecular complexity index is 407. The highest BCUT2D eigenvalue weighted by Crippen LogP contribution is 2.26. The first kappa shape index (κ1) is 13.3. The number of aliphatic hydroxyl groups is 1. The molecule has 1 saturated carbocycles. The molecule has 4 heteroatoms. The second-order valence-corrected chi connectivity index (χ2v) is 5.05. The molecule has 18 heavy (non-hydrogen) atoms. The Kier molecular flexibility index (Phi) is 4.19. The van der Waals surface area contributed by atoms with Gasteiger partial charge in [0.2, 0.25) is 0 Å². The Labute approximate surface area is 108 Å². The third kappa shape index (κ3) is 3.00. The van der Waals surface area contributed by atoms with Crippen molar-refractivity contribution in [1.29, 1.82) is 0 Å². The van der Waals surface area contributed by atoms with E-state index in [4.69, 9.17) is 0 Å². The summed E-state index contributed by atoms with van der Waals surface area (Å²) in [6.07, 6.45) is 2.43. The lowest BCUT2D eigenvalue weighted by molar-refractivity contribution is 0.269. The molecular weight excluding hydrogens is 231 g/mol. The second-order valence-electron chi connectivity index (χ2n) is 5.05. The summed E-state index contributed by atoms with van der Waals surface area (Å²) in [6.45, 7) is 2.57. The van der Waals surface area contributed by atoms with Crippen molar-refractivity contribution >= 4 is 5.69 Å². The largest absolute Gasteiger partial charge is 0.394 e. The maximum atomic E-state index is 14.0. The Morgan fingerprint density at radius 2 is 2.22 bits per heavy atom. The van der Waals surface area contributed by atoms with E-state index in [1.165, 1.54) is 18.9 Å². The highest BCUT2D eigenvalue weighted by atomic mass is 19.1. The molecule has 0 heterocycles. The van der Waals surface area contributed by atoms with Crippen LogP contribution in [0.4, 0.5) is 10.1 Å². The molecule has 1 aliphatic carbocycles. The molecule has 1 aliphatic rings. The van der Waals surface area contributed by atoms with Gasteiger partial charge in [0.05, 0.1) is 12.3 Å². The van der Waals surface area contributed by atoms with E-state index in [0.29, 0.717) is 18.3 Å². The summed E-state index contributed by atoms with van der Waals surface area (Å²) < 4.78 is 14.0. The van der Waals surface area contributed by atoms with Gasteiger partial charge in [-0.3, -0.25) is 0 Å². The molecule has 1 unspecified atom stereocenters. The molecule has 1 atom stereocenters. The molecule has 2 N–H and O–H groups in total. The first-order chi connectivity index (χ1) is 8.63. The van der Waals surface area contributed by atoms with Crippen LogP contribution in [0.3, 0.4) is 0 Å². The van der Waals surface area contributed by atoms with Crippen molar-refractivity contribution in [1.82, 2.24) is 5.32 Å². The zero-order valence-electron chi connectivity index (χ0n) is 11.0. The molecule has 1 aromatic carbocycles. The standard InChI is InChI=1S/C14H21FN2O/c1-10(9-18)17(2)14-11(4-3-5-13(14)15)8-16-12-6-7-12/h3-5,10,12,16,18H,6-9H2,1-2H3. The number of hydrogen-bond donors (Lipinski definition) is 2. The minimum absolute atomic E-state index is 0.0142. The first-order valence-corrected chi connectivity index (χ1v) is 6.48. The van der Waals surface area contributed by atoms with E-state index in [-0.39, 0.29) is 18.5 Å². The van der Waals surface area contributed by atoms with Crippen LogP contribution in [0.1, 0.15) is 25.3 Å². The molecule has 0 amide bonds. The fraction of sp³-hybridized carbons (Fsp3) is 0.571. The Hall–Kier alpha value is -1.13. The second kappa shape index (κ2) is 5.67. The van der Waals surface area contributed by atoms with Crippen molar-refractivity contribution in [3.8, 4) is 0 Å². The van der Waals surface area contributed by atoms with Gasteiger partial charge in [0.15, 0.2) is 0 Å². The van der Waals surface area contributed by atoms with E-state index in [1.807, 2.05) is 20.0 Å². The Morgan fingerprint density at radius 3 is 2.83 bits per heavy atom. The number of benzene rings is 1. The number of aliphatic hydroxyl groups excluding tert-OH is 1. The average Bonchev–Trinajstić information content (AvgIpc) is 3.18. The van der Waals surface area contributed by atoms with Gasteiger partial charge in [0.1, 0.15) is 5.82 Å². The summed E-state index contributed by atoms with van der Waals surface area (Å²) in [7, 11) is 1.82.